The van der Waals surface area contributed by atoms with Crippen LogP contribution in [0.2, 0.25) is 0 Å². The second kappa shape index (κ2) is 6.84. The number of benzene rings is 2. The third-order valence-corrected chi connectivity index (χ3v) is 4.18. The Morgan fingerprint density at radius 2 is 1.50 bits per heavy atom. The number of carbonyl (C=O) groups excluding carboxylic acids is 2. The highest BCUT2D eigenvalue weighted by molar-refractivity contribution is 6.09. The minimum Gasteiger partial charge on any atom is -0.380 e. The molecule has 5 nitrogen and oxygen atoms in total. The van der Waals surface area contributed by atoms with Crippen molar-refractivity contribution in [2.75, 3.05) is 19.8 Å². The third kappa shape index (κ3) is 2.67. The zero-order valence-electron chi connectivity index (χ0n) is 13.6. The molecule has 3 amide bonds. The molecule has 1 saturated heterocycles. The maximum Gasteiger partial charge on any atom is 0.325 e. The summed E-state index contributed by atoms with van der Waals surface area (Å²) in [5.74, 6) is -0.274. The second-order valence-electron chi connectivity index (χ2n) is 5.57. The molecule has 2 aromatic carbocycles. The summed E-state index contributed by atoms with van der Waals surface area (Å²) < 4.78 is 5.30. The van der Waals surface area contributed by atoms with E-state index in [1.807, 2.05) is 67.6 Å². The molecule has 0 atom stereocenters. The lowest BCUT2D eigenvalue weighted by Crippen LogP contribution is -2.45. The Hall–Kier alpha value is -2.66. The van der Waals surface area contributed by atoms with Gasteiger partial charge >= 0.3 is 6.03 Å². The van der Waals surface area contributed by atoms with Crippen LogP contribution >= 0.6 is 0 Å². The van der Waals surface area contributed by atoms with Crippen LogP contribution in [0.25, 0.3) is 0 Å². The maximum absolute atomic E-state index is 13.2. The van der Waals surface area contributed by atoms with Crippen molar-refractivity contribution in [2.24, 2.45) is 0 Å². The van der Waals surface area contributed by atoms with E-state index < -0.39 is 11.6 Å². The highest BCUT2D eigenvalue weighted by Crippen LogP contribution is 2.35. The van der Waals surface area contributed by atoms with Crippen LogP contribution in [0.15, 0.2) is 60.7 Å². The number of nitrogens with zero attached hydrogens (tertiary/aromatic N) is 1. The number of nitrogens with one attached hydrogen (secondary N) is 1. The summed E-state index contributed by atoms with van der Waals surface area (Å²) in [6, 6.07) is 18.3. The fourth-order valence-corrected chi connectivity index (χ4v) is 3.01. The van der Waals surface area contributed by atoms with Gasteiger partial charge in [-0.15, -0.1) is 0 Å². The molecule has 0 unspecified atom stereocenters. The van der Waals surface area contributed by atoms with Gasteiger partial charge in [0.15, 0.2) is 5.54 Å². The Kier molecular flexibility index (Phi) is 4.62. The van der Waals surface area contributed by atoms with Gasteiger partial charge in [0.05, 0.1) is 13.2 Å². The molecular formula is C19H20N2O3. The monoisotopic (exact) mass is 324 g/mol. The molecule has 0 aromatic heterocycles. The first-order valence-corrected chi connectivity index (χ1v) is 8.03. The molecule has 0 spiro atoms. The van der Waals surface area contributed by atoms with Crippen LogP contribution < -0.4 is 5.32 Å². The minimum atomic E-state index is -1.19. The first-order chi connectivity index (χ1) is 11.7. The zero-order valence-corrected chi connectivity index (χ0v) is 13.6. The molecule has 1 heterocycles. The van der Waals surface area contributed by atoms with Crippen molar-refractivity contribution in [1.29, 1.82) is 0 Å². The number of hydrogen-bond acceptors (Lipinski definition) is 3. The quantitative estimate of drug-likeness (QED) is 0.656. The Morgan fingerprint density at radius 3 is 2.00 bits per heavy atom. The van der Waals surface area contributed by atoms with E-state index in [1.54, 1.807) is 0 Å². The topological polar surface area (TPSA) is 58.6 Å². The number of rotatable bonds is 6. The van der Waals surface area contributed by atoms with Gasteiger partial charge in [0.2, 0.25) is 0 Å². The van der Waals surface area contributed by atoms with E-state index in [0.29, 0.717) is 13.2 Å². The van der Waals surface area contributed by atoms with Crippen LogP contribution in [0.1, 0.15) is 18.1 Å². The van der Waals surface area contributed by atoms with Crippen LogP contribution in [-0.2, 0) is 15.1 Å². The van der Waals surface area contributed by atoms with Gasteiger partial charge in [0.25, 0.3) is 5.91 Å². The van der Waals surface area contributed by atoms with E-state index >= 15 is 0 Å². The molecule has 1 aliphatic heterocycles. The fourth-order valence-electron chi connectivity index (χ4n) is 3.01. The van der Waals surface area contributed by atoms with Crippen molar-refractivity contribution in [3.63, 3.8) is 0 Å². The smallest absolute Gasteiger partial charge is 0.325 e. The fraction of sp³-hybridized carbons (Fsp3) is 0.263. The Balaban J connectivity index is 2.04. The number of hydrogen-bond donors (Lipinski definition) is 1. The first kappa shape index (κ1) is 16.2. The normalized spacial score (nSPS) is 16.3. The van der Waals surface area contributed by atoms with E-state index in [0.717, 1.165) is 11.1 Å². The van der Waals surface area contributed by atoms with Gasteiger partial charge in [-0.1, -0.05) is 60.7 Å². The molecular weight excluding hydrogens is 304 g/mol. The van der Waals surface area contributed by atoms with E-state index in [4.69, 9.17) is 4.74 Å². The molecule has 124 valence electrons. The van der Waals surface area contributed by atoms with Gasteiger partial charge < -0.3 is 10.1 Å². The second-order valence-corrected chi connectivity index (χ2v) is 5.57. The molecule has 0 aliphatic carbocycles. The van der Waals surface area contributed by atoms with Crippen molar-refractivity contribution in [2.45, 2.75) is 12.5 Å². The lowest BCUT2D eigenvalue weighted by Gasteiger charge is -2.28. The molecule has 5 heteroatoms. The lowest BCUT2D eigenvalue weighted by molar-refractivity contribution is -0.130. The summed E-state index contributed by atoms with van der Waals surface area (Å²) in [5.41, 5.74) is 0.299. The summed E-state index contributed by atoms with van der Waals surface area (Å²) in [7, 11) is 0. The number of ether oxygens (including phenoxy) is 1. The lowest BCUT2D eigenvalue weighted by atomic mass is 9.82. The summed E-state index contributed by atoms with van der Waals surface area (Å²) in [5, 5.41) is 2.91. The summed E-state index contributed by atoms with van der Waals surface area (Å²) in [4.78, 5) is 26.9. The van der Waals surface area contributed by atoms with Gasteiger partial charge in [0.1, 0.15) is 0 Å². The molecule has 0 radical (unpaired) electrons. The van der Waals surface area contributed by atoms with Crippen LogP contribution in [0, 0.1) is 0 Å². The van der Waals surface area contributed by atoms with E-state index in [-0.39, 0.29) is 12.5 Å². The average molecular weight is 324 g/mol. The van der Waals surface area contributed by atoms with Gasteiger partial charge in [-0.05, 0) is 18.1 Å². The number of imide groups is 1. The van der Waals surface area contributed by atoms with Crippen molar-refractivity contribution in [3.05, 3.63) is 71.8 Å². The molecule has 1 fully saturated rings. The molecule has 3 rings (SSSR count). The van der Waals surface area contributed by atoms with Crippen molar-refractivity contribution in [3.8, 4) is 0 Å². The number of carbonyl (C=O) groups is 2. The van der Waals surface area contributed by atoms with E-state index in [2.05, 4.69) is 5.32 Å². The molecule has 0 saturated carbocycles. The number of amides is 3. The largest absolute Gasteiger partial charge is 0.380 e. The zero-order chi connectivity index (χ0) is 17.0. The maximum atomic E-state index is 13.2. The predicted octanol–water partition coefficient (Wildman–Crippen LogP) is 2.52. The van der Waals surface area contributed by atoms with Gasteiger partial charge in [-0.3, -0.25) is 9.69 Å². The predicted molar refractivity (Wildman–Crippen MR) is 90.4 cm³/mol. The third-order valence-electron chi connectivity index (χ3n) is 4.18. The van der Waals surface area contributed by atoms with Gasteiger partial charge in [0, 0.05) is 6.61 Å². The highest BCUT2D eigenvalue weighted by atomic mass is 16.5. The Morgan fingerprint density at radius 1 is 0.958 bits per heavy atom. The first-order valence-electron chi connectivity index (χ1n) is 8.03. The Bertz CT molecular complexity index is 676. The number of urea groups is 1. The SMILES string of the molecule is CCOCCN1C(=O)NC(c2ccccc2)(c2ccccc2)C1=O. The van der Waals surface area contributed by atoms with Gasteiger partial charge in [-0.25, -0.2) is 4.79 Å². The highest BCUT2D eigenvalue weighted by Gasteiger charge is 2.53. The van der Waals surface area contributed by atoms with Crippen molar-refractivity contribution >= 4 is 11.9 Å². The van der Waals surface area contributed by atoms with Crippen LogP contribution in [-0.4, -0.2) is 36.6 Å². The summed E-state index contributed by atoms with van der Waals surface area (Å²) >= 11 is 0. The molecule has 0 bridgehead atoms. The molecule has 1 aliphatic rings. The van der Waals surface area contributed by atoms with Gasteiger partial charge in [-0.2, -0.15) is 0 Å². The molecule has 24 heavy (non-hydrogen) atoms. The van der Waals surface area contributed by atoms with Crippen LogP contribution in [0.5, 0.6) is 0 Å². The van der Waals surface area contributed by atoms with E-state index in [1.165, 1.54) is 4.90 Å². The van der Waals surface area contributed by atoms with Crippen molar-refractivity contribution in [1.82, 2.24) is 10.2 Å². The van der Waals surface area contributed by atoms with Crippen LogP contribution in [0.3, 0.4) is 0 Å². The van der Waals surface area contributed by atoms with Crippen molar-refractivity contribution < 1.29 is 14.3 Å². The molecule has 2 aromatic rings. The Labute approximate surface area is 141 Å². The summed E-state index contributed by atoms with van der Waals surface area (Å²) in [6.45, 7) is 2.99. The standard InChI is InChI=1S/C19H20N2O3/c1-2-24-14-13-21-17(22)19(20-18(21)23,15-9-5-3-6-10-15)16-11-7-4-8-12-16/h3-12H,2,13-14H2,1H3,(H,20,23). The van der Waals surface area contributed by atoms with Crippen LogP contribution in [0.4, 0.5) is 4.79 Å². The average Bonchev–Trinajstić information content (AvgIpc) is 2.89. The summed E-state index contributed by atoms with van der Waals surface area (Å²) in [6.07, 6.45) is 0. The van der Waals surface area contributed by atoms with E-state index in [9.17, 15) is 9.59 Å². The minimum absolute atomic E-state index is 0.236. The molecule has 1 N–H and O–H groups in total.